The minimum atomic E-state index is -0.641. The van der Waals surface area contributed by atoms with Crippen molar-refractivity contribution >= 4 is 5.91 Å². The van der Waals surface area contributed by atoms with Gasteiger partial charge in [0, 0.05) is 19.6 Å². The van der Waals surface area contributed by atoms with Crippen molar-refractivity contribution in [2.75, 3.05) is 13.1 Å². The molecule has 0 aromatic heterocycles. The molecule has 1 atom stereocenters. The number of halogens is 1. The fourth-order valence-corrected chi connectivity index (χ4v) is 2.23. The number of aromatic hydroxyl groups is 1. The van der Waals surface area contributed by atoms with E-state index in [0.717, 1.165) is 25.9 Å². The molecule has 19 heavy (non-hydrogen) atoms. The Labute approximate surface area is 112 Å². The standard InChI is InChI=1S/C14H19FN2O2/c1-10(14(19)17-6-2-3-7-17)16-9-11-4-5-13(18)12(15)8-11/h4-5,8,10,16,18H,2-3,6-7,9H2,1H3. The molecule has 1 fully saturated rings. The molecule has 0 spiro atoms. The van der Waals surface area contributed by atoms with E-state index in [2.05, 4.69) is 5.32 Å². The van der Waals surface area contributed by atoms with Crippen molar-refractivity contribution in [2.45, 2.75) is 32.4 Å². The van der Waals surface area contributed by atoms with Crippen LogP contribution in [0.5, 0.6) is 5.75 Å². The van der Waals surface area contributed by atoms with Gasteiger partial charge in [-0.05, 0) is 37.5 Å². The molecule has 1 aromatic carbocycles. The molecular weight excluding hydrogens is 247 g/mol. The van der Waals surface area contributed by atoms with Crippen LogP contribution in [0.2, 0.25) is 0 Å². The van der Waals surface area contributed by atoms with Crippen molar-refractivity contribution in [1.82, 2.24) is 10.2 Å². The number of carbonyl (C=O) groups is 1. The number of nitrogens with one attached hydrogen (secondary N) is 1. The summed E-state index contributed by atoms with van der Waals surface area (Å²) in [5.74, 6) is -0.903. The average molecular weight is 266 g/mol. The third-order valence-corrected chi connectivity index (χ3v) is 3.41. The lowest BCUT2D eigenvalue weighted by Crippen LogP contribution is -2.43. The quantitative estimate of drug-likeness (QED) is 0.871. The van der Waals surface area contributed by atoms with E-state index in [0.29, 0.717) is 12.1 Å². The highest BCUT2D eigenvalue weighted by atomic mass is 19.1. The van der Waals surface area contributed by atoms with E-state index in [9.17, 15) is 9.18 Å². The maximum absolute atomic E-state index is 13.2. The molecule has 0 radical (unpaired) electrons. The van der Waals surface area contributed by atoms with Gasteiger partial charge in [0.2, 0.25) is 5.91 Å². The topological polar surface area (TPSA) is 52.6 Å². The molecule has 2 N–H and O–H groups in total. The first kappa shape index (κ1) is 13.8. The molecule has 1 unspecified atom stereocenters. The lowest BCUT2D eigenvalue weighted by atomic mass is 10.2. The zero-order chi connectivity index (χ0) is 13.8. The average Bonchev–Trinajstić information content (AvgIpc) is 2.93. The molecule has 1 saturated heterocycles. The van der Waals surface area contributed by atoms with E-state index in [-0.39, 0.29) is 17.7 Å². The molecule has 1 heterocycles. The van der Waals surface area contributed by atoms with Gasteiger partial charge in [-0.2, -0.15) is 0 Å². The number of phenols is 1. The number of phenolic OH excluding ortho intramolecular Hbond substituents is 1. The molecule has 104 valence electrons. The smallest absolute Gasteiger partial charge is 0.239 e. The van der Waals surface area contributed by atoms with Gasteiger partial charge in [0.25, 0.3) is 0 Å². The lowest BCUT2D eigenvalue weighted by molar-refractivity contribution is -0.131. The van der Waals surface area contributed by atoms with E-state index in [1.807, 2.05) is 11.8 Å². The van der Waals surface area contributed by atoms with Crippen molar-refractivity contribution in [2.24, 2.45) is 0 Å². The Kier molecular flexibility index (Phi) is 4.37. The van der Waals surface area contributed by atoms with Crippen LogP contribution in [0.15, 0.2) is 18.2 Å². The number of carbonyl (C=O) groups excluding carboxylic acids is 1. The minimum absolute atomic E-state index is 0.0942. The van der Waals surface area contributed by atoms with Gasteiger partial charge < -0.3 is 15.3 Å². The van der Waals surface area contributed by atoms with Crippen LogP contribution in [0.25, 0.3) is 0 Å². The Morgan fingerprint density at radius 3 is 2.79 bits per heavy atom. The molecule has 4 nitrogen and oxygen atoms in total. The Balaban J connectivity index is 1.87. The first-order valence-corrected chi connectivity index (χ1v) is 6.57. The van der Waals surface area contributed by atoms with Gasteiger partial charge in [-0.1, -0.05) is 6.07 Å². The van der Waals surface area contributed by atoms with Gasteiger partial charge in [-0.3, -0.25) is 4.79 Å². The molecule has 5 heteroatoms. The number of amides is 1. The highest BCUT2D eigenvalue weighted by molar-refractivity contribution is 5.81. The molecule has 1 amide bonds. The van der Waals surface area contributed by atoms with Crippen molar-refractivity contribution in [3.05, 3.63) is 29.6 Å². The van der Waals surface area contributed by atoms with Gasteiger partial charge in [0.05, 0.1) is 6.04 Å². The van der Waals surface area contributed by atoms with Gasteiger partial charge in [-0.25, -0.2) is 4.39 Å². The molecule has 0 saturated carbocycles. The molecular formula is C14H19FN2O2. The second kappa shape index (κ2) is 6.02. The van der Waals surface area contributed by atoms with Crippen molar-refractivity contribution in [3.8, 4) is 5.75 Å². The second-order valence-electron chi connectivity index (χ2n) is 4.92. The summed E-state index contributed by atoms with van der Waals surface area (Å²) in [5, 5.41) is 12.2. The number of rotatable bonds is 4. The van der Waals surface area contributed by atoms with E-state index < -0.39 is 5.82 Å². The van der Waals surface area contributed by atoms with E-state index in [4.69, 9.17) is 5.11 Å². The SMILES string of the molecule is CC(NCc1ccc(O)c(F)c1)C(=O)N1CCCC1. The summed E-state index contributed by atoms with van der Waals surface area (Å²) < 4.78 is 13.2. The van der Waals surface area contributed by atoms with Crippen LogP contribution < -0.4 is 5.32 Å². The van der Waals surface area contributed by atoms with Crippen molar-refractivity contribution in [3.63, 3.8) is 0 Å². The Bertz CT molecular complexity index is 459. The first-order chi connectivity index (χ1) is 9.08. The minimum Gasteiger partial charge on any atom is -0.505 e. The molecule has 1 aliphatic heterocycles. The largest absolute Gasteiger partial charge is 0.505 e. The maximum atomic E-state index is 13.2. The van der Waals surface area contributed by atoms with Crippen LogP contribution in [0.3, 0.4) is 0 Å². The predicted molar refractivity (Wildman–Crippen MR) is 70.2 cm³/mol. The second-order valence-corrected chi connectivity index (χ2v) is 4.92. The van der Waals surface area contributed by atoms with Crippen LogP contribution in [-0.2, 0) is 11.3 Å². The molecule has 1 aliphatic rings. The predicted octanol–water partition coefficient (Wildman–Crippen LogP) is 1.63. The van der Waals surface area contributed by atoms with Crippen LogP contribution >= 0.6 is 0 Å². The number of nitrogens with zero attached hydrogens (tertiary/aromatic N) is 1. The van der Waals surface area contributed by atoms with E-state index >= 15 is 0 Å². The van der Waals surface area contributed by atoms with Crippen LogP contribution in [0.1, 0.15) is 25.3 Å². The van der Waals surface area contributed by atoms with Gasteiger partial charge in [-0.15, -0.1) is 0 Å². The number of likely N-dealkylation sites (tertiary alicyclic amines) is 1. The summed E-state index contributed by atoms with van der Waals surface area (Å²) in [4.78, 5) is 13.9. The molecule has 1 aromatic rings. The van der Waals surface area contributed by atoms with Crippen molar-refractivity contribution < 1.29 is 14.3 Å². The zero-order valence-corrected chi connectivity index (χ0v) is 11.0. The normalized spacial score (nSPS) is 16.6. The Morgan fingerprint density at radius 1 is 1.47 bits per heavy atom. The number of hydrogen-bond acceptors (Lipinski definition) is 3. The summed E-state index contributed by atoms with van der Waals surface area (Å²) >= 11 is 0. The Morgan fingerprint density at radius 2 is 2.16 bits per heavy atom. The Hall–Kier alpha value is -1.62. The van der Waals surface area contributed by atoms with Crippen molar-refractivity contribution in [1.29, 1.82) is 0 Å². The summed E-state index contributed by atoms with van der Waals surface area (Å²) in [7, 11) is 0. The van der Waals surface area contributed by atoms with Gasteiger partial charge in [0.1, 0.15) is 0 Å². The van der Waals surface area contributed by atoms with Gasteiger partial charge in [0.15, 0.2) is 11.6 Å². The fraction of sp³-hybridized carbons (Fsp3) is 0.500. The highest BCUT2D eigenvalue weighted by Crippen LogP contribution is 2.16. The third-order valence-electron chi connectivity index (χ3n) is 3.41. The summed E-state index contributed by atoms with van der Waals surface area (Å²) in [6.07, 6.45) is 2.14. The van der Waals surface area contributed by atoms with Crippen LogP contribution in [0, 0.1) is 5.82 Å². The number of hydrogen-bond donors (Lipinski definition) is 2. The lowest BCUT2D eigenvalue weighted by Gasteiger charge is -2.21. The highest BCUT2D eigenvalue weighted by Gasteiger charge is 2.22. The molecule has 2 rings (SSSR count). The fourth-order valence-electron chi connectivity index (χ4n) is 2.23. The summed E-state index contributed by atoms with van der Waals surface area (Å²) in [5.41, 5.74) is 0.705. The summed E-state index contributed by atoms with van der Waals surface area (Å²) in [6.45, 7) is 3.88. The number of benzene rings is 1. The van der Waals surface area contributed by atoms with Gasteiger partial charge >= 0.3 is 0 Å². The van der Waals surface area contributed by atoms with E-state index in [1.54, 1.807) is 6.07 Å². The molecule has 0 aliphatic carbocycles. The maximum Gasteiger partial charge on any atom is 0.239 e. The summed E-state index contributed by atoms with van der Waals surface area (Å²) in [6, 6.07) is 3.95. The van der Waals surface area contributed by atoms with E-state index in [1.165, 1.54) is 12.1 Å². The van der Waals surface area contributed by atoms with Crippen LogP contribution in [-0.4, -0.2) is 35.0 Å². The molecule has 0 bridgehead atoms. The first-order valence-electron chi connectivity index (χ1n) is 6.57. The zero-order valence-electron chi connectivity index (χ0n) is 11.0. The third kappa shape index (κ3) is 3.44. The van der Waals surface area contributed by atoms with Crippen LogP contribution in [0.4, 0.5) is 4.39 Å². The monoisotopic (exact) mass is 266 g/mol.